The lowest BCUT2D eigenvalue weighted by molar-refractivity contribution is 0.669. The Bertz CT molecular complexity index is 2560. The Morgan fingerprint density at radius 2 is 1.33 bits per heavy atom. The number of hydrogen-bond acceptors (Lipinski definition) is 3. The van der Waals surface area contributed by atoms with E-state index < -0.39 is 0 Å². The van der Waals surface area contributed by atoms with Crippen LogP contribution in [0.15, 0.2) is 162 Å². The monoisotopic (exact) mass is 615 g/mol. The summed E-state index contributed by atoms with van der Waals surface area (Å²) < 4.78 is 8.78. The van der Waals surface area contributed by atoms with E-state index in [9.17, 15) is 0 Å². The maximum Gasteiger partial charge on any atom is 0.160 e. The van der Waals surface area contributed by atoms with Crippen LogP contribution in [0, 0.1) is 5.92 Å². The molecule has 0 saturated heterocycles. The quantitative estimate of drug-likeness (QED) is 0.198. The standard InChI is InChI=1S/C44H29N3O/c1-3-11-28(12-4-1)36-27-37(29-13-5-2-6-14-29)46-44(45-36)30-19-21-33(22-20-30)47-38-23-24-41-43(34-17-9-10-18-40(34)48-41)42(38)35-25-31-15-7-8-16-32(31)26-39(35)47/h1-24,26-27,31H,25H2. The summed E-state index contributed by atoms with van der Waals surface area (Å²) in [6.45, 7) is 0. The minimum atomic E-state index is 0.366. The minimum absolute atomic E-state index is 0.366. The lowest BCUT2D eigenvalue weighted by atomic mass is 9.82. The minimum Gasteiger partial charge on any atom is -0.456 e. The van der Waals surface area contributed by atoms with E-state index in [1.807, 2.05) is 42.5 Å². The summed E-state index contributed by atoms with van der Waals surface area (Å²) in [6, 6.07) is 44.2. The zero-order chi connectivity index (χ0) is 31.6. The highest BCUT2D eigenvalue weighted by atomic mass is 16.3. The predicted octanol–water partition coefficient (Wildman–Crippen LogP) is 11.0. The Morgan fingerprint density at radius 3 is 2.08 bits per heavy atom. The summed E-state index contributed by atoms with van der Waals surface area (Å²) in [5.74, 6) is 1.07. The van der Waals surface area contributed by atoms with Gasteiger partial charge in [-0.3, -0.25) is 0 Å². The topological polar surface area (TPSA) is 43.9 Å². The van der Waals surface area contributed by atoms with Crippen LogP contribution >= 0.6 is 0 Å². The molecule has 1 unspecified atom stereocenters. The molecule has 3 heterocycles. The van der Waals surface area contributed by atoms with Gasteiger partial charge in [-0.2, -0.15) is 0 Å². The molecular weight excluding hydrogens is 587 g/mol. The van der Waals surface area contributed by atoms with Gasteiger partial charge in [0.05, 0.1) is 22.6 Å². The molecule has 5 aromatic carbocycles. The average Bonchev–Trinajstić information content (AvgIpc) is 3.69. The van der Waals surface area contributed by atoms with Crippen LogP contribution in [-0.4, -0.2) is 14.5 Å². The van der Waals surface area contributed by atoms with Crippen molar-refractivity contribution < 1.29 is 4.42 Å². The van der Waals surface area contributed by atoms with Gasteiger partial charge in [0.1, 0.15) is 11.2 Å². The number of fused-ring (bicyclic) bond motifs is 8. The first kappa shape index (κ1) is 26.9. The van der Waals surface area contributed by atoms with Crippen LogP contribution in [0.2, 0.25) is 0 Å². The second kappa shape index (κ2) is 10.6. The summed E-state index contributed by atoms with van der Waals surface area (Å²) in [7, 11) is 0. The fraction of sp³-hybridized carbons (Fsp3) is 0.0455. The van der Waals surface area contributed by atoms with E-state index in [4.69, 9.17) is 14.4 Å². The van der Waals surface area contributed by atoms with E-state index in [2.05, 4.69) is 120 Å². The van der Waals surface area contributed by atoms with Crippen LogP contribution in [0.25, 0.3) is 78.5 Å². The van der Waals surface area contributed by atoms with E-state index in [0.29, 0.717) is 11.7 Å². The highest BCUT2D eigenvalue weighted by Crippen LogP contribution is 2.44. The SMILES string of the molecule is C1=CC2=Cc3c(c4c5c(ccc4n3-c3ccc(-c4nc(-c6ccccc6)cc(-c6ccccc6)n4)cc3)oc3ccccc35)CC2C=C1. The third kappa shape index (κ3) is 4.23. The fourth-order valence-corrected chi connectivity index (χ4v) is 7.49. The van der Waals surface area contributed by atoms with Gasteiger partial charge < -0.3 is 8.98 Å². The lowest BCUT2D eigenvalue weighted by Crippen LogP contribution is -2.12. The number of hydrogen-bond donors (Lipinski definition) is 0. The van der Waals surface area contributed by atoms with Crippen LogP contribution in [0.4, 0.5) is 0 Å². The molecule has 0 saturated carbocycles. The third-order valence-corrected chi connectivity index (χ3v) is 9.76. The number of rotatable bonds is 4. The summed E-state index contributed by atoms with van der Waals surface area (Å²) >= 11 is 0. The van der Waals surface area contributed by atoms with Crippen molar-refractivity contribution in [2.24, 2.45) is 5.92 Å². The molecule has 0 amide bonds. The molecule has 226 valence electrons. The van der Waals surface area contributed by atoms with Gasteiger partial charge in [-0.05, 0) is 72.2 Å². The number of furan rings is 1. The Balaban J connectivity index is 1.16. The maximum absolute atomic E-state index is 6.36. The third-order valence-electron chi connectivity index (χ3n) is 9.76. The van der Waals surface area contributed by atoms with Gasteiger partial charge in [0.15, 0.2) is 5.82 Å². The lowest BCUT2D eigenvalue weighted by Gasteiger charge is -2.23. The first-order valence-electron chi connectivity index (χ1n) is 16.4. The molecule has 1 atom stereocenters. The van der Waals surface area contributed by atoms with Gasteiger partial charge in [0, 0.05) is 44.5 Å². The van der Waals surface area contributed by atoms with Crippen LogP contribution in [-0.2, 0) is 6.42 Å². The Morgan fingerprint density at radius 1 is 0.625 bits per heavy atom. The summed E-state index contributed by atoms with van der Waals surface area (Å²) in [5.41, 5.74) is 13.0. The average molecular weight is 616 g/mol. The molecule has 0 N–H and O–H groups in total. The van der Waals surface area contributed by atoms with Crippen molar-refractivity contribution in [1.82, 2.24) is 14.5 Å². The second-order valence-corrected chi connectivity index (χ2v) is 12.6. The fourth-order valence-electron chi connectivity index (χ4n) is 7.49. The van der Waals surface area contributed by atoms with Gasteiger partial charge in [-0.1, -0.05) is 103 Å². The van der Waals surface area contributed by atoms with Crippen molar-refractivity contribution in [3.63, 3.8) is 0 Å². The van der Waals surface area contributed by atoms with Crippen LogP contribution in [0.5, 0.6) is 0 Å². The zero-order valence-corrected chi connectivity index (χ0v) is 26.0. The maximum atomic E-state index is 6.36. The molecule has 0 bridgehead atoms. The molecule has 0 radical (unpaired) electrons. The van der Waals surface area contributed by atoms with Gasteiger partial charge in [-0.15, -0.1) is 0 Å². The summed E-state index contributed by atoms with van der Waals surface area (Å²) in [6.07, 6.45) is 12.2. The van der Waals surface area contributed by atoms with Gasteiger partial charge in [-0.25, -0.2) is 9.97 Å². The molecule has 10 rings (SSSR count). The van der Waals surface area contributed by atoms with Crippen molar-refractivity contribution >= 4 is 38.9 Å². The molecule has 0 fully saturated rings. The van der Waals surface area contributed by atoms with E-state index in [-0.39, 0.29) is 0 Å². The molecule has 48 heavy (non-hydrogen) atoms. The summed E-state index contributed by atoms with van der Waals surface area (Å²) in [4.78, 5) is 10.1. The molecule has 8 aromatic rings. The molecule has 3 aromatic heterocycles. The van der Waals surface area contributed by atoms with Crippen molar-refractivity contribution in [3.8, 4) is 39.6 Å². The molecule has 2 aliphatic carbocycles. The predicted molar refractivity (Wildman–Crippen MR) is 196 cm³/mol. The molecular formula is C44H29N3O. The van der Waals surface area contributed by atoms with Crippen LogP contribution < -0.4 is 0 Å². The largest absolute Gasteiger partial charge is 0.456 e. The van der Waals surface area contributed by atoms with Crippen LogP contribution in [0.3, 0.4) is 0 Å². The molecule has 4 heteroatoms. The number of nitrogens with zero attached hydrogens (tertiary/aromatic N) is 3. The van der Waals surface area contributed by atoms with Crippen molar-refractivity contribution in [1.29, 1.82) is 0 Å². The molecule has 2 aliphatic rings. The van der Waals surface area contributed by atoms with Crippen LogP contribution in [0.1, 0.15) is 11.3 Å². The number of para-hydroxylation sites is 1. The van der Waals surface area contributed by atoms with E-state index in [0.717, 1.165) is 56.7 Å². The highest BCUT2D eigenvalue weighted by molar-refractivity contribution is 6.20. The van der Waals surface area contributed by atoms with Gasteiger partial charge in [0.2, 0.25) is 0 Å². The number of allylic oxidation sites excluding steroid dienone is 5. The second-order valence-electron chi connectivity index (χ2n) is 12.6. The Labute approximate surface area is 277 Å². The zero-order valence-electron chi connectivity index (χ0n) is 26.0. The van der Waals surface area contributed by atoms with Crippen molar-refractivity contribution in [3.05, 3.63) is 169 Å². The van der Waals surface area contributed by atoms with E-state index in [1.165, 1.54) is 33.1 Å². The molecule has 4 nitrogen and oxygen atoms in total. The Kier molecular flexibility index (Phi) is 5.97. The number of benzene rings is 5. The summed E-state index contributed by atoms with van der Waals surface area (Å²) in [5, 5.41) is 3.63. The van der Waals surface area contributed by atoms with Gasteiger partial charge in [0.25, 0.3) is 0 Å². The smallest absolute Gasteiger partial charge is 0.160 e. The highest BCUT2D eigenvalue weighted by Gasteiger charge is 2.28. The first-order valence-corrected chi connectivity index (χ1v) is 16.4. The number of aromatic nitrogens is 3. The first-order chi connectivity index (χ1) is 23.8. The normalized spacial score (nSPS) is 15.2. The molecule has 0 aliphatic heterocycles. The van der Waals surface area contributed by atoms with Crippen molar-refractivity contribution in [2.45, 2.75) is 6.42 Å². The Hall–Kier alpha value is -6.26. The van der Waals surface area contributed by atoms with E-state index >= 15 is 0 Å². The molecule has 0 spiro atoms. The van der Waals surface area contributed by atoms with Gasteiger partial charge >= 0.3 is 0 Å². The van der Waals surface area contributed by atoms with Crippen molar-refractivity contribution in [2.75, 3.05) is 0 Å². The van der Waals surface area contributed by atoms with E-state index in [1.54, 1.807) is 0 Å².